The van der Waals surface area contributed by atoms with E-state index in [4.69, 9.17) is 11.6 Å². The molecule has 0 radical (unpaired) electrons. The fraction of sp³-hybridized carbons (Fsp3) is 0.833. The minimum absolute atomic E-state index is 0.316. The summed E-state index contributed by atoms with van der Waals surface area (Å²) in [7, 11) is 0. The van der Waals surface area contributed by atoms with Gasteiger partial charge in [-0.05, 0) is 32.4 Å². The van der Waals surface area contributed by atoms with Gasteiger partial charge in [-0.3, -0.25) is 4.90 Å². The van der Waals surface area contributed by atoms with Crippen LogP contribution in [0.2, 0.25) is 0 Å². The van der Waals surface area contributed by atoms with Gasteiger partial charge in [0.2, 0.25) is 0 Å². The minimum atomic E-state index is 0.316. The third-order valence-corrected chi connectivity index (χ3v) is 3.66. The second kappa shape index (κ2) is 6.51. The van der Waals surface area contributed by atoms with Crippen molar-refractivity contribution in [3.05, 3.63) is 11.6 Å². The van der Waals surface area contributed by atoms with E-state index in [1.54, 1.807) is 5.54 Å². The molecule has 88 valence electrons. The summed E-state index contributed by atoms with van der Waals surface area (Å²) in [6.45, 7) is 8.99. The van der Waals surface area contributed by atoms with E-state index in [-0.39, 0.29) is 0 Å². The molecule has 1 fully saturated rings. The fourth-order valence-corrected chi connectivity index (χ4v) is 2.37. The zero-order chi connectivity index (χ0) is 11.1. The number of hydrogen-bond acceptors (Lipinski definition) is 2. The van der Waals surface area contributed by atoms with Crippen LogP contribution in [0.25, 0.3) is 0 Å². The normalized spacial score (nSPS) is 23.1. The third kappa shape index (κ3) is 3.78. The SMILES string of the molecule is CCC1(CC)CN(C/C=C/Cl)CCCN1. The van der Waals surface area contributed by atoms with E-state index in [1.165, 1.54) is 25.8 Å². The first-order valence-electron chi connectivity index (χ1n) is 5.99. The van der Waals surface area contributed by atoms with Crippen molar-refractivity contribution in [3.8, 4) is 0 Å². The average Bonchev–Trinajstić information content (AvgIpc) is 2.49. The van der Waals surface area contributed by atoms with E-state index in [2.05, 4.69) is 24.1 Å². The van der Waals surface area contributed by atoms with Gasteiger partial charge in [0.15, 0.2) is 0 Å². The Labute approximate surface area is 98.7 Å². The summed E-state index contributed by atoms with van der Waals surface area (Å²) < 4.78 is 0. The summed E-state index contributed by atoms with van der Waals surface area (Å²) in [6, 6.07) is 0. The van der Waals surface area contributed by atoms with Crippen LogP contribution in [0.4, 0.5) is 0 Å². The molecular weight excluding hydrogens is 208 g/mol. The molecule has 0 unspecified atom stereocenters. The van der Waals surface area contributed by atoms with Gasteiger partial charge >= 0.3 is 0 Å². The maximum absolute atomic E-state index is 5.58. The number of rotatable bonds is 4. The Bertz CT molecular complexity index is 200. The summed E-state index contributed by atoms with van der Waals surface area (Å²) in [4.78, 5) is 2.49. The Morgan fingerprint density at radius 2 is 2.13 bits per heavy atom. The largest absolute Gasteiger partial charge is 0.310 e. The Morgan fingerprint density at radius 1 is 1.40 bits per heavy atom. The monoisotopic (exact) mass is 230 g/mol. The van der Waals surface area contributed by atoms with Crippen LogP contribution in [0.5, 0.6) is 0 Å². The lowest BCUT2D eigenvalue weighted by Crippen LogP contribution is -2.50. The molecule has 0 aromatic rings. The Morgan fingerprint density at radius 3 is 2.73 bits per heavy atom. The summed E-state index contributed by atoms with van der Waals surface area (Å²) in [5, 5.41) is 3.70. The van der Waals surface area contributed by atoms with Crippen LogP contribution in [-0.2, 0) is 0 Å². The van der Waals surface area contributed by atoms with Gasteiger partial charge in [0, 0.05) is 24.2 Å². The number of nitrogens with zero attached hydrogens (tertiary/aromatic N) is 1. The second-order valence-electron chi connectivity index (χ2n) is 4.36. The second-order valence-corrected chi connectivity index (χ2v) is 4.62. The Hall–Kier alpha value is -0.0500. The number of halogens is 1. The minimum Gasteiger partial charge on any atom is -0.310 e. The first-order chi connectivity index (χ1) is 7.26. The van der Waals surface area contributed by atoms with Crippen molar-refractivity contribution >= 4 is 11.6 Å². The lowest BCUT2D eigenvalue weighted by molar-refractivity contribution is 0.211. The molecule has 1 N–H and O–H groups in total. The molecule has 0 bridgehead atoms. The maximum Gasteiger partial charge on any atom is 0.0303 e. The highest BCUT2D eigenvalue weighted by Crippen LogP contribution is 2.19. The van der Waals surface area contributed by atoms with E-state index in [0.29, 0.717) is 5.54 Å². The predicted octanol–water partition coefficient (Wildman–Crippen LogP) is 2.59. The molecule has 2 nitrogen and oxygen atoms in total. The molecule has 0 aliphatic carbocycles. The van der Waals surface area contributed by atoms with E-state index >= 15 is 0 Å². The van der Waals surface area contributed by atoms with E-state index in [1.807, 2.05) is 6.08 Å². The van der Waals surface area contributed by atoms with E-state index in [9.17, 15) is 0 Å². The summed E-state index contributed by atoms with van der Waals surface area (Å²) in [5.74, 6) is 0. The van der Waals surface area contributed by atoms with Gasteiger partial charge in [-0.1, -0.05) is 31.5 Å². The fourth-order valence-electron chi connectivity index (χ4n) is 2.29. The maximum atomic E-state index is 5.58. The highest BCUT2D eigenvalue weighted by molar-refractivity contribution is 6.25. The smallest absolute Gasteiger partial charge is 0.0303 e. The van der Waals surface area contributed by atoms with Crippen LogP contribution in [0.15, 0.2) is 11.6 Å². The van der Waals surface area contributed by atoms with Crippen molar-refractivity contribution in [2.75, 3.05) is 26.2 Å². The van der Waals surface area contributed by atoms with Gasteiger partial charge in [0.1, 0.15) is 0 Å². The quantitative estimate of drug-likeness (QED) is 0.799. The molecular formula is C12H23ClN2. The number of hydrogen-bond donors (Lipinski definition) is 1. The zero-order valence-corrected chi connectivity index (χ0v) is 10.7. The van der Waals surface area contributed by atoms with Gasteiger partial charge in [-0.15, -0.1) is 0 Å². The first kappa shape index (κ1) is 13.0. The summed E-state index contributed by atoms with van der Waals surface area (Å²) in [5.41, 5.74) is 1.94. The van der Waals surface area contributed by atoms with Crippen LogP contribution in [-0.4, -0.2) is 36.6 Å². The van der Waals surface area contributed by atoms with Crippen molar-refractivity contribution in [3.63, 3.8) is 0 Å². The molecule has 0 amide bonds. The average molecular weight is 231 g/mol. The lowest BCUT2D eigenvalue weighted by atomic mass is 9.92. The van der Waals surface area contributed by atoms with Crippen LogP contribution < -0.4 is 5.32 Å². The molecule has 1 rings (SSSR count). The molecule has 3 heteroatoms. The van der Waals surface area contributed by atoms with Crippen LogP contribution in [0.3, 0.4) is 0 Å². The van der Waals surface area contributed by atoms with E-state index < -0.39 is 0 Å². The Balaban J connectivity index is 2.59. The van der Waals surface area contributed by atoms with Gasteiger partial charge < -0.3 is 5.32 Å². The van der Waals surface area contributed by atoms with Crippen molar-refractivity contribution < 1.29 is 0 Å². The standard InChI is InChI=1S/C12H23ClN2/c1-3-12(4-2)11-15(9-5-7-13)10-6-8-14-12/h5,7,14H,3-4,6,8-11H2,1-2H3/b7-5+. The lowest BCUT2D eigenvalue weighted by Gasteiger charge is -2.35. The van der Waals surface area contributed by atoms with Crippen molar-refractivity contribution in [2.24, 2.45) is 0 Å². The molecule has 0 aromatic carbocycles. The Kier molecular flexibility index (Phi) is 5.65. The summed E-state index contributed by atoms with van der Waals surface area (Å²) >= 11 is 5.58. The molecule has 0 spiro atoms. The third-order valence-electron chi connectivity index (χ3n) is 3.48. The molecule has 15 heavy (non-hydrogen) atoms. The molecule has 1 aliphatic rings. The van der Waals surface area contributed by atoms with E-state index in [0.717, 1.165) is 19.6 Å². The van der Waals surface area contributed by atoms with Gasteiger partial charge in [0.05, 0.1) is 0 Å². The summed E-state index contributed by atoms with van der Waals surface area (Å²) in [6.07, 6.45) is 5.66. The topological polar surface area (TPSA) is 15.3 Å². The van der Waals surface area contributed by atoms with Crippen LogP contribution in [0, 0.1) is 0 Å². The van der Waals surface area contributed by atoms with Crippen LogP contribution in [0.1, 0.15) is 33.1 Å². The van der Waals surface area contributed by atoms with Gasteiger partial charge in [0.25, 0.3) is 0 Å². The van der Waals surface area contributed by atoms with Crippen molar-refractivity contribution in [1.29, 1.82) is 0 Å². The molecule has 0 aromatic heterocycles. The first-order valence-corrected chi connectivity index (χ1v) is 6.42. The molecule has 1 aliphatic heterocycles. The molecule has 1 saturated heterocycles. The molecule has 0 atom stereocenters. The highest BCUT2D eigenvalue weighted by Gasteiger charge is 2.29. The number of nitrogens with one attached hydrogen (secondary N) is 1. The zero-order valence-electron chi connectivity index (χ0n) is 9.93. The van der Waals surface area contributed by atoms with Crippen LogP contribution >= 0.6 is 11.6 Å². The highest BCUT2D eigenvalue weighted by atomic mass is 35.5. The van der Waals surface area contributed by atoms with Gasteiger partial charge in [-0.25, -0.2) is 0 Å². The van der Waals surface area contributed by atoms with Crippen molar-refractivity contribution in [2.45, 2.75) is 38.6 Å². The van der Waals surface area contributed by atoms with Crippen molar-refractivity contribution in [1.82, 2.24) is 10.2 Å². The predicted molar refractivity (Wildman–Crippen MR) is 67.4 cm³/mol. The molecule has 0 saturated carbocycles. The van der Waals surface area contributed by atoms with Gasteiger partial charge in [-0.2, -0.15) is 0 Å². The molecule has 1 heterocycles.